The zero-order valence-corrected chi connectivity index (χ0v) is 20.3. The van der Waals surface area contributed by atoms with Crippen molar-refractivity contribution in [1.82, 2.24) is 9.80 Å². The number of hydrogen-bond donors (Lipinski definition) is 0. The zero-order valence-electron chi connectivity index (χ0n) is 18.8. The fourth-order valence-corrected chi connectivity index (χ4v) is 3.88. The molecular weight excluding hydrogens is 451 g/mol. The first-order valence-electron chi connectivity index (χ1n) is 10.5. The molecule has 32 heavy (non-hydrogen) atoms. The van der Waals surface area contributed by atoms with Crippen LogP contribution in [0, 0.1) is 27.7 Å². The van der Waals surface area contributed by atoms with E-state index in [2.05, 4.69) is 0 Å². The molecule has 0 N–H and O–H groups in total. The van der Waals surface area contributed by atoms with E-state index in [1.807, 2.05) is 52.0 Å². The van der Waals surface area contributed by atoms with Crippen molar-refractivity contribution in [2.45, 2.75) is 27.7 Å². The van der Waals surface area contributed by atoms with Crippen LogP contribution in [0.15, 0.2) is 24.3 Å². The van der Waals surface area contributed by atoms with Gasteiger partial charge in [0.25, 0.3) is 11.8 Å². The molecule has 172 valence electrons. The van der Waals surface area contributed by atoms with Crippen molar-refractivity contribution in [1.29, 1.82) is 0 Å². The first kappa shape index (κ1) is 24.2. The van der Waals surface area contributed by atoms with Gasteiger partial charge in [0, 0.05) is 36.2 Å². The average molecular weight is 479 g/mol. The summed E-state index contributed by atoms with van der Waals surface area (Å²) in [4.78, 5) is 28.5. The number of halogens is 2. The second-order valence-electron chi connectivity index (χ2n) is 8.08. The third kappa shape index (κ3) is 5.87. The maximum atomic E-state index is 12.5. The second-order valence-corrected chi connectivity index (χ2v) is 8.84. The highest BCUT2D eigenvalue weighted by atomic mass is 35.5. The highest BCUT2D eigenvalue weighted by molar-refractivity contribution is 6.32. The van der Waals surface area contributed by atoms with Crippen LogP contribution < -0.4 is 9.47 Å². The lowest BCUT2D eigenvalue weighted by Crippen LogP contribution is -2.52. The third-order valence-corrected chi connectivity index (χ3v) is 6.72. The van der Waals surface area contributed by atoms with Crippen LogP contribution in [-0.4, -0.2) is 61.0 Å². The molecule has 2 aromatic carbocycles. The van der Waals surface area contributed by atoms with Gasteiger partial charge in [0.15, 0.2) is 13.2 Å². The van der Waals surface area contributed by atoms with Crippen LogP contribution in [0.3, 0.4) is 0 Å². The Morgan fingerprint density at radius 1 is 0.688 bits per heavy atom. The Morgan fingerprint density at radius 3 is 1.25 bits per heavy atom. The fourth-order valence-electron chi connectivity index (χ4n) is 3.66. The molecule has 0 bridgehead atoms. The van der Waals surface area contributed by atoms with Gasteiger partial charge >= 0.3 is 0 Å². The summed E-state index contributed by atoms with van der Waals surface area (Å²) in [5, 5.41) is 1.41. The number of hydrogen-bond acceptors (Lipinski definition) is 4. The molecule has 3 rings (SSSR count). The largest absolute Gasteiger partial charge is 0.484 e. The van der Waals surface area contributed by atoms with Crippen LogP contribution in [0.1, 0.15) is 22.3 Å². The van der Waals surface area contributed by atoms with E-state index in [0.29, 0.717) is 47.7 Å². The minimum absolute atomic E-state index is 0.0488. The number of amides is 2. The molecule has 0 saturated carbocycles. The maximum Gasteiger partial charge on any atom is 0.260 e. The normalized spacial score (nSPS) is 13.8. The van der Waals surface area contributed by atoms with E-state index in [-0.39, 0.29) is 25.0 Å². The van der Waals surface area contributed by atoms with E-state index >= 15 is 0 Å². The standard InChI is InChI=1S/C24H28Cl2N2O4/c1-15-9-19(10-16(2)23(15)25)31-13-21(29)27-5-7-28(8-6-27)22(30)14-32-20-11-17(3)24(26)18(4)12-20/h9-12H,5-8,13-14H2,1-4H3. The summed E-state index contributed by atoms with van der Waals surface area (Å²) < 4.78 is 11.3. The monoisotopic (exact) mass is 478 g/mol. The first-order chi connectivity index (χ1) is 15.2. The van der Waals surface area contributed by atoms with Gasteiger partial charge in [-0.25, -0.2) is 0 Å². The molecule has 1 heterocycles. The summed E-state index contributed by atoms with van der Waals surface area (Å²) in [5.74, 6) is 1.03. The maximum absolute atomic E-state index is 12.5. The molecule has 0 radical (unpaired) electrons. The van der Waals surface area contributed by atoms with Gasteiger partial charge in [0.1, 0.15) is 11.5 Å². The Labute approximate surface area is 199 Å². The zero-order chi connectivity index (χ0) is 23.4. The number of piperazine rings is 1. The van der Waals surface area contributed by atoms with Gasteiger partial charge < -0.3 is 19.3 Å². The Hall–Kier alpha value is -2.44. The van der Waals surface area contributed by atoms with E-state index in [4.69, 9.17) is 32.7 Å². The van der Waals surface area contributed by atoms with Crippen molar-refractivity contribution in [3.8, 4) is 11.5 Å². The molecule has 0 spiro atoms. The summed E-state index contributed by atoms with van der Waals surface area (Å²) in [6.07, 6.45) is 0. The number of benzene rings is 2. The van der Waals surface area contributed by atoms with Gasteiger partial charge in [-0.3, -0.25) is 9.59 Å². The van der Waals surface area contributed by atoms with Crippen molar-refractivity contribution in [3.05, 3.63) is 56.6 Å². The highest BCUT2D eigenvalue weighted by Crippen LogP contribution is 2.27. The second kappa shape index (κ2) is 10.5. The van der Waals surface area contributed by atoms with E-state index in [1.54, 1.807) is 9.80 Å². The van der Waals surface area contributed by atoms with Gasteiger partial charge in [-0.15, -0.1) is 0 Å². The number of carbonyl (C=O) groups excluding carboxylic acids is 2. The van der Waals surface area contributed by atoms with Gasteiger partial charge in [-0.2, -0.15) is 0 Å². The number of nitrogens with zero attached hydrogens (tertiary/aromatic N) is 2. The molecule has 8 heteroatoms. The molecular formula is C24H28Cl2N2O4. The summed E-state index contributed by atoms with van der Waals surface area (Å²) in [6, 6.07) is 7.29. The third-order valence-electron chi connectivity index (χ3n) is 5.53. The lowest BCUT2D eigenvalue weighted by Gasteiger charge is -2.34. The summed E-state index contributed by atoms with van der Waals surface area (Å²) >= 11 is 12.3. The van der Waals surface area contributed by atoms with Crippen molar-refractivity contribution >= 4 is 35.0 Å². The van der Waals surface area contributed by atoms with Crippen LogP contribution in [0.4, 0.5) is 0 Å². The summed E-state index contributed by atoms with van der Waals surface area (Å²) in [6.45, 7) is 9.37. The Kier molecular flexibility index (Phi) is 7.91. The quantitative estimate of drug-likeness (QED) is 0.618. The average Bonchev–Trinajstić information content (AvgIpc) is 2.77. The van der Waals surface area contributed by atoms with E-state index < -0.39 is 0 Å². The van der Waals surface area contributed by atoms with E-state index in [9.17, 15) is 9.59 Å². The van der Waals surface area contributed by atoms with Crippen molar-refractivity contribution in [2.75, 3.05) is 39.4 Å². The molecule has 1 saturated heterocycles. The molecule has 1 aliphatic heterocycles. The molecule has 0 aromatic heterocycles. The van der Waals surface area contributed by atoms with Crippen molar-refractivity contribution in [2.24, 2.45) is 0 Å². The Balaban J connectivity index is 1.45. The van der Waals surface area contributed by atoms with E-state index in [1.165, 1.54) is 0 Å². The predicted molar refractivity (Wildman–Crippen MR) is 126 cm³/mol. The Bertz CT molecular complexity index is 890. The number of aryl methyl sites for hydroxylation is 4. The minimum atomic E-state index is -0.106. The topological polar surface area (TPSA) is 59.1 Å². The molecule has 0 atom stereocenters. The summed E-state index contributed by atoms with van der Waals surface area (Å²) in [7, 11) is 0. The summed E-state index contributed by atoms with van der Waals surface area (Å²) in [5.41, 5.74) is 3.64. The SMILES string of the molecule is Cc1cc(OCC(=O)N2CCN(C(=O)COc3cc(C)c(Cl)c(C)c3)CC2)cc(C)c1Cl. The van der Waals surface area contributed by atoms with Gasteiger partial charge in [-0.1, -0.05) is 23.2 Å². The minimum Gasteiger partial charge on any atom is -0.484 e. The molecule has 1 aliphatic rings. The van der Waals surface area contributed by atoms with Gasteiger partial charge in [0.05, 0.1) is 0 Å². The van der Waals surface area contributed by atoms with E-state index in [0.717, 1.165) is 22.3 Å². The number of ether oxygens (including phenoxy) is 2. The lowest BCUT2D eigenvalue weighted by atomic mass is 10.1. The lowest BCUT2D eigenvalue weighted by molar-refractivity contribution is -0.141. The van der Waals surface area contributed by atoms with Crippen LogP contribution in [0.2, 0.25) is 10.0 Å². The van der Waals surface area contributed by atoms with Crippen molar-refractivity contribution in [3.63, 3.8) is 0 Å². The van der Waals surface area contributed by atoms with Crippen LogP contribution in [-0.2, 0) is 9.59 Å². The molecule has 6 nitrogen and oxygen atoms in total. The van der Waals surface area contributed by atoms with Crippen molar-refractivity contribution < 1.29 is 19.1 Å². The fraction of sp³-hybridized carbons (Fsp3) is 0.417. The molecule has 0 unspecified atom stereocenters. The number of rotatable bonds is 6. The van der Waals surface area contributed by atoms with Gasteiger partial charge in [-0.05, 0) is 74.2 Å². The molecule has 1 fully saturated rings. The van der Waals surface area contributed by atoms with Crippen LogP contribution in [0.25, 0.3) is 0 Å². The van der Waals surface area contributed by atoms with Gasteiger partial charge in [0.2, 0.25) is 0 Å². The van der Waals surface area contributed by atoms with Crippen LogP contribution in [0.5, 0.6) is 11.5 Å². The molecule has 2 aromatic rings. The smallest absolute Gasteiger partial charge is 0.260 e. The predicted octanol–water partition coefficient (Wildman–Crippen LogP) is 4.36. The van der Waals surface area contributed by atoms with Crippen LogP contribution >= 0.6 is 23.2 Å². The molecule has 2 amide bonds. The molecule has 0 aliphatic carbocycles. The Morgan fingerprint density at radius 2 is 0.969 bits per heavy atom. The number of carbonyl (C=O) groups is 2. The highest BCUT2D eigenvalue weighted by Gasteiger charge is 2.24. The first-order valence-corrected chi connectivity index (χ1v) is 11.3.